The fraction of sp³-hybridized carbons (Fsp3) is 0.545. The summed E-state index contributed by atoms with van der Waals surface area (Å²) in [5.41, 5.74) is 0. The summed E-state index contributed by atoms with van der Waals surface area (Å²) in [6, 6.07) is 4.09. The zero-order valence-electron chi connectivity index (χ0n) is 8.90. The predicted molar refractivity (Wildman–Crippen MR) is 61.8 cm³/mol. The van der Waals surface area contributed by atoms with Crippen LogP contribution in [0.25, 0.3) is 0 Å². The molecule has 0 aliphatic heterocycles. The number of aliphatic hydroxyl groups excluding tert-OH is 1. The molecule has 15 heavy (non-hydrogen) atoms. The number of aliphatic hydroxyl groups is 1. The van der Waals surface area contributed by atoms with Crippen molar-refractivity contribution in [2.75, 3.05) is 6.61 Å². The third-order valence-electron chi connectivity index (χ3n) is 2.16. The number of rotatable bonds is 6. The van der Waals surface area contributed by atoms with E-state index < -0.39 is 0 Å². The standard InChI is InChI=1S/C11H17NO2S/c1-9(10-5-4-8-15-10)12-11(14)6-2-3-7-13/h4-5,8-9,13H,2-3,6-7H2,1H3,(H,12,14)/t9-/m0/s1. The van der Waals surface area contributed by atoms with Gasteiger partial charge in [0.1, 0.15) is 0 Å². The molecule has 1 aromatic heterocycles. The first-order valence-corrected chi connectivity index (χ1v) is 6.05. The van der Waals surface area contributed by atoms with Crippen LogP contribution in [0, 0.1) is 0 Å². The third-order valence-corrected chi connectivity index (χ3v) is 3.21. The van der Waals surface area contributed by atoms with Crippen LogP contribution in [0.5, 0.6) is 0 Å². The molecule has 4 heteroatoms. The molecule has 2 N–H and O–H groups in total. The van der Waals surface area contributed by atoms with Crippen molar-refractivity contribution in [1.29, 1.82) is 0 Å². The zero-order chi connectivity index (χ0) is 11.1. The molecule has 0 aliphatic carbocycles. The molecular formula is C11H17NO2S. The van der Waals surface area contributed by atoms with E-state index in [1.807, 2.05) is 24.4 Å². The van der Waals surface area contributed by atoms with Gasteiger partial charge in [0.15, 0.2) is 0 Å². The molecule has 0 aliphatic rings. The summed E-state index contributed by atoms with van der Waals surface area (Å²) < 4.78 is 0. The average molecular weight is 227 g/mol. The Morgan fingerprint density at radius 3 is 3.00 bits per heavy atom. The van der Waals surface area contributed by atoms with Gasteiger partial charge >= 0.3 is 0 Å². The van der Waals surface area contributed by atoms with E-state index in [0.717, 1.165) is 6.42 Å². The Balaban J connectivity index is 2.26. The molecule has 1 rings (SSSR count). The predicted octanol–water partition coefficient (Wildman–Crippen LogP) is 2.09. The molecule has 1 atom stereocenters. The van der Waals surface area contributed by atoms with Gasteiger partial charge in [0.05, 0.1) is 6.04 Å². The van der Waals surface area contributed by atoms with Gasteiger partial charge in [-0.1, -0.05) is 6.07 Å². The summed E-state index contributed by atoms with van der Waals surface area (Å²) in [7, 11) is 0. The Morgan fingerprint density at radius 2 is 2.40 bits per heavy atom. The lowest BCUT2D eigenvalue weighted by Crippen LogP contribution is -2.25. The van der Waals surface area contributed by atoms with Crippen molar-refractivity contribution >= 4 is 17.2 Å². The number of hydrogen-bond acceptors (Lipinski definition) is 3. The molecule has 0 bridgehead atoms. The van der Waals surface area contributed by atoms with Gasteiger partial charge in [-0.25, -0.2) is 0 Å². The van der Waals surface area contributed by atoms with Crippen molar-refractivity contribution < 1.29 is 9.90 Å². The van der Waals surface area contributed by atoms with E-state index in [1.54, 1.807) is 11.3 Å². The minimum absolute atomic E-state index is 0.0596. The molecule has 0 saturated carbocycles. The van der Waals surface area contributed by atoms with E-state index in [1.165, 1.54) is 4.88 Å². The van der Waals surface area contributed by atoms with Gasteiger partial charge in [-0.15, -0.1) is 11.3 Å². The van der Waals surface area contributed by atoms with Gasteiger partial charge in [-0.2, -0.15) is 0 Å². The van der Waals surface area contributed by atoms with E-state index in [0.29, 0.717) is 12.8 Å². The Hall–Kier alpha value is -0.870. The summed E-state index contributed by atoms with van der Waals surface area (Å²) in [4.78, 5) is 12.6. The van der Waals surface area contributed by atoms with Crippen LogP contribution >= 0.6 is 11.3 Å². The molecule has 1 amide bonds. The highest BCUT2D eigenvalue weighted by Crippen LogP contribution is 2.18. The summed E-state index contributed by atoms with van der Waals surface area (Å²) in [5, 5.41) is 13.5. The number of amides is 1. The maximum absolute atomic E-state index is 11.4. The van der Waals surface area contributed by atoms with Gasteiger partial charge in [0.25, 0.3) is 0 Å². The van der Waals surface area contributed by atoms with Crippen LogP contribution in [-0.2, 0) is 4.79 Å². The Bertz CT molecular complexity index is 285. The topological polar surface area (TPSA) is 49.3 Å². The van der Waals surface area contributed by atoms with Crippen LogP contribution < -0.4 is 5.32 Å². The van der Waals surface area contributed by atoms with E-state index in [-0.39, 0.29) is 18.6 Å². The van der Waals surface area contributed by atoms with Crippen LogP contribution in [0.4, 0.5) is 0 Å². The van der Waals surface area contributed by atoms with Crippen molar-refractivity contribution in [3.63, 3.8) is 0 Å². The van der Waals surface area contributed by atoms with E-state index in [2.05, 4.69) is 5.32 Å². The first-order chi connectivity index (χ1) is 7.24. The fourth-order valence-corrected chi connectivity index (χ4v) is 2.05. The molecule has 3 nitrogen and oxygen atoms in total. The highest BCUT2D eigenvalue weighted by molar-refractivity contribution is 7.10. The number of thiophene rings is 1. The lowest BCUT2D eigenvalue weighted by Gasteiger charge is -2.11. The lowest BCUT2D eigenvalue weighted by atomic mass is 10.2. The van der Waals surface area contributed by atoms with Crippen LogP contribution in [-0.4, -0.2) is 17.6 Å². The first-order valence-electron chi connectivity index (χ1n) is 5.17. The Kier molecular flexibility index (Phi) is 5.36. The number of nitrogens with one attached hydrogen (secondary N) is 1. The van der Waals surface area contributed by atoms with Gasteiger partial charge in [-0.05, 0) is 31.2 Å². The Morgan fingerprint density at radius 1 is 1.60 bits per heavy atom. The van der Waals surface area contributed by atoms with Crippen LogP contribution in [0.1, 0.15) is 37.1 Å². The Labute approximate surface area is 94.1 Å². The SMILES string of the molecule is C[C@H](NC(=O)CCCCO)c1cccs1. The molecule has 0 radical (unpaired) electrons. The number of carbonyl (C=O) groups is 1. The highest BCUT2D eigenvalue weighted by Gasteiger charge is 2.09. The second-order valence-corrected chi connectivity index (χ2v) is 4.46. The summed E-state index contributed by atoms with van der Waals surface area (Å²) in [6.45, 7) is 2.14. The van der Waals surface area contributed by atoms with Crippen molar-refractivity contribution in [2.45, 2.75) is 32.2 Å². The second kappa shape index (κ2) is 6.58. The second-order valence-electron chi connectivity index (χ2n) is 3.49. The summed E-state index contributed by atoms with van der Waals surface area (Å²) in [5.74, 6) is 0.0596. The quantitative estimate of drug-likeness (QED) is 0.731. The average Bonchev–Trinajstić information content (AvgIpc) is 2.70. The fourth-order valence-electron chi connectivity index (χ4n) is 1.32. The van der Waals surface area contributed by atoms with E-state index in [9.17, 15) is 4.79 Å². The molecule has 0 saturated heterocycles. The number of unbranched alkanes of at least 4 members (excludes halogenated alkanes) is 1. The number of hydrogen-bond donors (Lipinski definition) is 2. The van der Waals surface area contributed by atoms with Gasteiger partial charge in [0, 0.05) is 17.9 Å². The van der Waals surface area contributed by atoms with Gasteiger partial charge < -0.3 is 10.4 Å². The monoisotopic (exact) mass is 227 g/mol. The van der Waals surface area contributed by atoms with Crippen LogP contribution in [0.2, 0.25) is 0 Å². The molecular weight excluding hydrogens is 210 g/mol. The minimum atomic E-state index is 0.0596. The van der Waals surface area contributed by atoms with E-state index >= 15 is 0 Å². The van der Waals surface area contributed by atoms with Crippen molar-refractivity contribution in [2.24, 2.45) is 0 Å². The molecule has 0 unspecified atom stereocenters. The largest absolute Gasteiger partial charge is 0.396 e. The molecule has 0 aromatic carbocycles. The lowest BCUT2D eigenvalue weighted by molar-refractivity contribution is -0.121. The molecule has 0 fully saturated rings. The van der Waals surface area contributed by atoms with Crippen LogP contribution in [0.3, 0.4) is 0 Å². The number of carbonyl (C=O) groups excluding carboxylic acids is 1. The van der Waals surface area contributed by atoms with Crippen molar-refractivity contribution in [3.05, 3.63) is 22.4 Å². The van der Waals surface area contributed by atoms with E-state index in [4.69, 9.17) is 5.11 Å². The minimum Gasteiger partial charge on any atom is -0.396 e. The third kappa shape index (κ3) is 4.44. The normalized spacial score (nSPS) is 12.4. The summed E-state index contributed by atoms with van der Waals surface area (Å²) >= 11 is 1.65. The van der Waals surface area contributed by atoms with Gasteiger partial charge in [-0.3, -0.25) is 4.79 Å². The maximum atomic E-state index is 11.4. The van der Waals surface area contributed by atoms with Crippen molar-refractivity contribution in [1.82, 2.24) is 5.32 Å². The molecule has 1 aromatic rings. The highest BCUT2D eigenvalue weighted by atomic mass is 32.1. The molecule has 0 spiro atoms. The maximum Gasteiger partial charge on any atom is 0.220 e. The van der Waals surface area contributed by atoms with Gasteiger partial charge in [0.2, 0.25) is 5.91 Å². The smallest absolute Gasteiger partial charge is 0.220 e. The first kappa shape index (κ1) is 12.2. The molecule has 1 heterocycles. The summed E-state index contributed by atoms with van der Waals surface area (Å²) in [6.07, 6.45) is 1.94. The van der Waals surface area contributed by atoms with Crippen molar-refractivity contribution in [3.8, 4) is 0 Å². The zero-order valence-corrected chi connectivity index (χ0v) is 9.72. The van der Waals surface area contributed by atoms with Crippen LogP contribution in [0.15, 0.2) is 17.5 Å². The molecule has 84 valence electrons.